The van der Waals surface area contributed by atoms with Crippen LogP contribution in [0.3, 0.4) is 0 Å². The third-order valence-corrected chi connectivity index (χ3v) is 4.71. The van der Waals surface area contributed by atoms with E-state index in [4.69, 9.17) is 9.47 Å². The molecule has 1 unspecified atom stereocenters. The van der Waals surface area contributed by atoms with Crippen LogP contribution < -0.4 is 4.90 Å². The second-order valence-corrected chi connectivity index (χ2v) is 7.45. The number of anilines is 1. The minimum absolute atomic E-state index is 0.0436. The first-order valence-corrected chi connectivity index (χ1v) is 9.79. The molecule has 1 aliphatic rings. The number of carbonyl (C=O) groups is 1. The molecular formula is C19H28BrNO3. The van der Waals surface area contributed by atoms with Gasteiger partial charge in [0.25, 0.3) is 0 Å². The number of halogens is 1. The van der Waals surface area contributed by atoms with Crippen LogP contribution in [0.1, 0.15) is 44.7 Å². The van der Waals surface area contributed by atoms with Gasteiger partial charge in [0.05, 0.1) is 17.1 Å². The van der Waals surface area contributed by atoms with Gasteiger partial charge >= 0.3 is 0 Å². The van der Waals surface area contributed by atoms with Crippen molar-refractivity contribution >= 4 is 27.5 Å². The van der Waals surface area contributed by atoms with E-state index in [1.165, 1.54) is 11.1 Å². The van der Waals surface area contributed by atoms with Crippen LogP contribution in [0.4, 0.5) is 5.69 Å². The minimum atomic E-state index is -0.364. The van der Waals surface area contributed by atoms with Crippen molar-refractivity contribution in [2.45, 2.75) is 57.6 Å². The summed E-state index contributed by atoms with van der Waals surface area (Å²) in [5.41, 5.74) is 3.39. The molecule has 1 amide bonds. The molecule has 0 radical (unpaired) electrons. The second kappa shape index (κ2) is 9.54. The molecule has 24 heavy (non-hydrogen) atoms. The van der Waals surface area contributed by atoms with E-state index in [0.717, 1.165) is 31.4 Å². The van der Waals surface area contributed by atoms with E-state index >= 15 is 0 Å². The summed E-state index contributed by atoms with van der Waals surface area (Å²) in [6, 6.07) is 6.27. The quantitative estimate of drug-likeness (QED) is 0.678. The smallest absolute Gasteiger partial charge is 0.240 e. The molecule has 0 saturated carbocycles. The maximum absolute atomic E-state index is 12.9. The lowest BCUT2D eigenvalue weighted by molar-refractivity contribution is -0.129. The Balaban J connectivity index is 2.37. The highest BCUT2D eigenvalue weighted by atomic mass is 79.9. The number of nitrogens with zero attached hydrogens (tertiary/aromatic N) is 1. The number of para-hydroxylation sites is 1. The predicted octanol–water partition coefficient (Wildman–Crippen LogP) is 4.08. The number of amides is 1. The highest BCUT2D eigenvalue weighted by Gasteiger charge is 2.28. The van der Waals surface area contributed by atoms with Crippen molar-refractivity contribution in [1.82, 2.24) is 0 Å². The molecule has 134 valence electrons. The summed E-state index contributed by atoms with van der Waals surface area (Å²) in [6.45, 7) is 7.91. The highest BCUT2D eigenvalue weighted by molar-refractivity contribution is 9.10. The molecule has 1 saturated heterocycles. The number of benzene rings is 1. The van der Waals surface area contributed by atoms with E-state index in [9.17, 15) is 4.79 Å². The van der Waals surface area contributed by atoms with Crippen LogP contribution in [0.15, 0.2) is 18.2 Å². The third-order valence-electron chi connectivity index (χ3n) is 4.32. The molecule has 0 spiro atoms. The van der Waals surface area contributed by atoms with Crippen molar-refractivity contribution in [3.63, 3.8) is 0 Å². The van der Waals surface area contributed by atoms with E-state index < -0.39 is 0 Å². The van der Waals surface area contributed by atoms with Crippen LogP contribution in [-0.4, -0.2) is 36.8 Å². The molecule has 1 atom stereocenters. The minimum Gasteiger partial charge on any atom is -0.351 e. The van der Waals surface area contributed by atoms with E-state index in [0.29, 0.717) is 19.8 Å². The number of alkyl halides is 1. The van der Waals surface area contributed by atoms with E-state index in [2.05, 4.69) is 48.0 Å². The summed E-state index contributed by atoms with van der Waals surface area (Å²) < 4.78 is 11.6. The third kappa shape index (κ3) is 4.80. The van der Waals surface area contributed by atoms with Gasteiger partial charge in [-0.25, -0.2) is 0 Å². The molecule has 0 bridgehead atoms. The first-order valence-electron chi connectivity index (χ1n) is 8.87. The standard InChI is InChI=1S/C19H28BrNO3/c1-4-15-9-8-10-16(5-2)18(15)21(19(22)14(3)20)13-17-23-11-6-7-12-24-17/h8-10,14,17H,4-7,11-13H2,1-3H3. The van der Waals surface area contributed by atoms with Gasteiger partial charge in [0.15, 0.2) is 6.29 Å². The number of carbonyl (C=O) groups excluding carboxylic acids is 1. The van der Waals surface area contributed by atoms with Gasteiger partial charge in [0.1, 0.15) is 0 Å². The zero-order chi connectivity index (χ0) is 17.5. The maximum atomic E-state index is 12.9. The monoisotopic (exact) mass is 397 g/mol. The molecule has 5 heteroatoms. The fraction of sp³-hybridized carbons (Fsp3) is 0.632. The van der Waals surface area contributed by atoms with Gasteiger partial charge in [-0.3, -0.25) is 4.79 Å². The molecule has 2 rings (SSSR count). The number of hydrogen-bond donors (Lipinski definition) is 0. The van der Waals surface area contributed by atoms with Crippen LogP contribution in [-0.2, 0) is 27.1 Å². The van der Waals surface area contributed by atoms with Crippen molar-refractivity contribution in [3.05, 3.63) is 29.3 Å². The molecule has 0 aliphatic carbocycles. The van der Waals surface area contributed by atoms with Crippen molar-refractivity contribution in [2.75, 3.05) is 24.7 Å². The van der Waals surface area contributed by atoms with Crippen LogP contribution in [0.25, 0.3) is 0 Å². The Morgan fingerprint density at radius 2 is 1.75 bits per heavy atom. The molecule has 1 aliphatic heterocycles. The first-order chi connectivity index (χ1) is 11.6. The van der Waals surface area contributed by atoms with Crippen LogP contribution in [0.2, 0.25) is 0 Å². The zero-order valence-corrected chi connectivity index (χ0v) is 16.5. The van der Waals surface area contributed by atoms with E-state index in [1.807, 2.05) is 11.8 Å². The molecule has 0 aromatic heterocycles. The molecule has 4 nitrogen and oxygen atoms in total. The predicted molar refractivity (Wildman–Crippen MR) is 101 cm³/mol. The molecule has 0 N–H and O–H groups in total. The molecule has 1 aromatic carbocycles. The first kappa shape index (κ1) is 19.4. The van der Waals surface area contributed by atoms with Gasteiger partial charge in [-0.2, -0.15) is 0 Å². The number of ether oxygens (including phenoxy) is 2. The summed E-state index contributed by atoms with van der Waals surface area (Å²) >= 11 is 3.44. The molecule has 1 heterocycles. The highest BCUT2D eigenvalue weighted by Crippen LogP contribution is 2.29. The van der Waals surface area contributed by atoms with Crippen molar-refractivity contribution in [3.8, 4) is 0 Å². The summed E-state index contributed by atoms with van der Waals surface area (Å²) in [5, 5.41) is 0. The van der Waals surface area contributed by atoms with Crippen LogP contribution in [0, 0.1) is 0 Å². The average Bonchev–Trinajstić information content (AvgIpc) is 2.87. The van der Waals surface area contributed by atoms with Crippen LogP contribution in [0.5, 0.6) is 0 Å². The molecule has 1 aromatic rings. The molecular weight excluding hydrogens is 370 g/mol. The Labute approximate surface area is 153 Å². The summed E-state index contributed by atoms with van der Waals surface area (Å²) in [5.74, 6) is 0.0436. The van der Waals surface area contributed by atoms with Crippen molar-refractivity contribution in [2.24, 2.45) is 0 Å². The van der Waals surface area contributed by atoms with Gasteiger partial charge in [0, 0.05) is 13.2 Å². The second-order valence-electron chi connectivity index (χ2n) is 6.08. The van der Waals surface area contributed by atoms with Crippen LogP contribution >= 0.6 is 15.9 Å². The Bertz CT molecular complexity index is 517. The maximum Gasteiger partial charge on any atom is 0.240 e. The Morgan fingerprint density at radius 1 is 1.21 bits per heavy atom. The molecule has 1 fully saturated rings. The fourth-order valence-corrected chi connectivity index (χ4v) is 3.25. The van der Waals surface area contributed by atoms with Gasteiger partial charge in [0.2, 0.25) is 5.91 Å². The Morgan fingerprint density at radius 3 is 2.21 bits per heavy atom. The summed E-state index contributed by atoms with van der Waals surface area (Å²) in [4.78, 5) is 14.5. The Kier molecular flexibility index (Phi) is 7.72. The van der Waals surface area contributed by atoms with Crippen molar-refractivity contribution in [1.29, 1.82) is 0 Å². The number of hydrogen-bond acceptors (Lipinski definition) is 3. The lowest BCUT2D eigenvalue weighted by Gasteiger charge is -2.31. The largest absolute Gasteiger partial charge is 0.351 e. The van der Waals surface area contributed by atoms with E-state index in [1.54, 1.807) is 0 Å². The Hall–Kier alpha value is -0.910. The van der Waals surface area contributed by atoms with Gasteiger partial charge in [-0.1, -0.05) is 48.0 Å². The summed E-state index contributed by atoms with van der Waals surface area (Å²) in [6.07, 6.45) is 3.42. The van der Waals surface area contributed by atoms with Gasteiger partial charge in [-0.05, 0) is 43.7 Å². The van der Waals surface area contributed by atoms with Gasteiger partial charge in [-0.15, -0.1) is 0 Å². The normalized spacial score (nSPS) is 17.3. The number of aryl methyl sites for hydroxylation is 2. The van der Waals surface area contributed by atoms with Gasteiger partial charge < -0.3 is 14.4 Å². The lowest BCUT2D eigenvalue weighted by Crippen LogP contribution is -2.43. The SMILES string of the molecule is CCc1cccc(CC)c1N(CC1OCCCCO1)C(=O)C(C)Br. The van der Waals surface area contributed by atoms with Crippen molar-refractivity contribution < 1.29 is 14.3 Å². The van der Waals surface area contributed by atoms with E-state index in [-0.39, 0.29) is 17.0 Å². The fourth-order valence-electron chi connectivity index (χ4n) is 3.00. The number of rotatable bonds is 6. The zero-order valence-electron chi connectivity index (χ0n) is 14.9. The summed E-state index contributed by atoms with van der Waals surface area (Å²) in [7, 11) is 0. The topological polar surface area (TPSA) is 38.8 Å². The average molecular weight is 398 g/mol. The lowest BCUT2D eigenvalue weighted by atomic mass is 10.0.